The fourth-order valence-electron chi connectivity index (χ4n) is 1.83. The molecule has 1 atom stereocenters. The Morgan fingerprint density at radius 2 is 2.19 bits per heavy atom. The lowest BCUT2D eigenvalue weighted by Gasteiger charge is -2.12. The Morgan fingerprint density at radius 1 is 1.50 bits per heavy atom. The smallest absolute Gasteiger partial charge is 0.0689 e. The molecule has 1 aromatic heterocycles. The molecular formula is C13H21N3. The van der Waals surface area contributed by atoms with Gasteiger partial charge in [0, 0.05) is 24.8 Å². The summed E-state index contributed by atoms with van der Waals surface area (Å²) in [5.41, 5.74) is 3.55. The van der Waals surface area contributed by atoms with Crippen molar-refractivity contribution in [2.45, 2.75) is 46.2 Å². The van der Waals surface area contributed by atoms with Crippen molar-refractivity contribution in [3.63, 3.8) is 0 Å². The Hall–Kier alpha value is -1.27. The lowest BCUT2D eigenvalue weighted by atomic mass is 10.1. The van der Waals surface area contributed by atoms with Gasteiger partial charge in [-0.3, -0.25) is 10.00 Å². The molecule has 1 aromatic rings. The van der Waals surface area contributed by atoms with Gasteiger partial charge in [-0.15, -0.1) is 6.42 Å². The highest BCUT2D eigenvalue weighted by atomic mass is 15.3. The molecule has 1 N–H and O–H groups in total. The number of nitrogens with one attached hydrogen (secondary N) is 1. The third-order valence-electron chi connectivity index (χ3n) is 2.96. The zero-order valence-electron chi connectivity index (χ0n) is 10.7. The number of hydrogen-bond acceptors (Lipinski definition) is 2. The Kier molecular flexibility index (Phi) is 4.57. The summed E-state index contributed by atoms with van der Waals surface area (Å²) < 4.78 is 1.91. The highest BCUT2D eigenvalue weighted by Gasteiger charge is 2.10. The molecule has 1 unspecified atom stereocenters. The number of hydrogen-bond donors (Lipinski definition) is 1. The van der Waals surface area contributed by atoms with E-state index in [4.69, 9.17) is 6.42 Å². The first-order valence-electron chi connectivity index (χ1n) is 5.78. The van der Waals surface area contributed by atoms with Crippen LogP contribution in [0.1, 0.15) is 36.7 Å². The average molecular weight is 219 g/mol. The average Bonchev–Trinajstić information content (AvgIpc) is 2.49. The van der Waals surface area contributed by atoms with Crippen LogP contribution in [-0.4, -0.2) is 15.8 Å². The van der Waals surface area contributed by atoms with E-state index in [9.17, 15) is 0 Å². The molecular weight excluding hydrogens is 198 g/mol. The van der Waals surface area contributed by atoms with E-state index in [-0.39, 0.29) is 6.04 Å². The van der Waals surface area contributed by atoms with Gasteiger partial charge >= 0.3 is 0 Å². The van der Waals surface area contributed by atoms with Crippen LogP contribution in [0.4, 0.5) is 0 Å². The van der Waals surface area contributed by atoms with Gasteiger partial charge in [0.15, 0.2) is 0 Å². The van der Waals surface area contributed by atoms with Crippen molar-refractivity contribution in [2.75, 3.05) is 0 Å². The molecule has 1 rings (SSSR count). The second-order valence-corrected chi connectivity index (χ2v) is 4.16. The summed E-state index contributed by atoms with van der Waals surface area (Å²) in [6.07, 6.45) is 7.60. The molecule has 3 nitrogen and oxygen atoms in total. The lowest BCUT2D eigenvalue weighted by Crippen LogP contribution is -2.27. The largest absolute Gasteiger partial charge is 0.299 e. The molecule has 0 amide bonds. The van der Waals surface area contributed by atoms with Gasteiger partial charge < -0.3 is 0 Å². The maximum Gasteiger partial charge on any atom is 0.0689 e. The number of terminal acetylenes is 1. The van der Waals surface area contributed by atoms with Crippen molar-refractivity contribution in [1.82, 2.24) is 15.1 Å². The maximum atomic E-state index is 5.47. The van der Waals surface area contributed by atoms with Gasteiger partial charge in [-0.1, -0.05) is 19.3 Å². The number of aromatic nitrogens is 2. The van der Waals surface area contributed by atoms with Crippen LogP contribution in [-0.2, 0) is 13.6 Å². The van der Waals surface area contributed by atoms with Gasteiger partial charge in [0.05, 0.1) is 11.7 Å². The molecule has 0 spiro atoms. The summed E-state index contributed by atoms with van der Waals surface area (Å²) in [6.45, 7) is 7.07. The minimum Gasteiger partial charge on any atom is -0.299 e. The molecule has 16 heavy (non-hydrogen) atoms. The summed E-state index contributed by atoms with van der Waals surface area (Å²) in [5.74, 6) is 2.78. The summed E-state index contributed by atoms with van der Waals surface area (Å²) >= 11 is 0. The van der Waals surface area contributed by atoms with Crippen molar-refractivity contribution in [2.24, 2.45) is 7.05 Å². The Morgan fingerprint density at radius 3 is 2.62 bits per heavy atom. The van der Waals surface area contributed by atoms with E-state index in [0.717, 1.165) is 25.1 Å². The maximum absolute atomic E-state index is 5.47. The monoisotopic (exact) mass is 219 g/mol. The number of nitrogens with zero attached hydrogens (tertiary/aromatic N) is 2. The van der Waals surface area contributed by atoms with E-state index < -0.39 is 0 Å². The first-order chi connectivity index (χ1) is 7.60. The molecule has 0 aliphatic heterocycles. The summed E-state index contributed by atoms with van der Waals surface area (Å²) in [6, 6.07) is 0.170. The van der Waals surface area contributed by atoms with Crippen LogP contribution < -0.4 is 5.32 Å². The normalized spacial score (nSPS) is 12.4. The highest BCUT2D eigenvalue weighted by molar-refractivity contribution is 5.24. The fourth-order valence-corrected chi connectivity index (χ4v) is 1.83. The number of rotatable bonds is 5. The SMILES string of the molecule is C#CC(CCC)NCc1c(C)nn(C)c1C. The Bertz CT molecular complexity index is 385. The van der Waals surface area contributed by atoms with E-state index in [1.807, 2.05) is 18.7 Å². The van der Waals surface area contributed by atoms with Crippen LogP contribution in [0.3, 0.4) is 0 Å². The van der Waals surface area contributed by atoms with E-state index in [2.05, 4.69) is 30.2 Å². The van der Waals surface area contributed by atoms with Crippen molar-refractivity contribution < 1.29 is 0 Å². The molecule has 0 saturated carbocycles. The summed E-state index contributed by atoms with van der Waals surface area (Å²) in [7, 11) is 1.97. The second kappa shape index (κ2) is 5.72. The van der Waals surface area contributed by atoms with Crippen LogP contribution in [0.2, 0.25) is 0 Å². The van der Waals surface area contributed by atoms with Crippen LogP contribution in [0, 0.1) is 26.2 Å². The van der Waals surface area contributed by atoms with Gasteiger partial charge in [-0.2, -0.15) is 5.10 Å². The molecule has 0 fully saturated rings. The van der Waals surface area contributed by atoms with Crippen molar-refractivity contribution >= 4 is 0 Å². The van der Waals surface area contributed by atoms with Gasteiger partial charge in [-0.05, 0) is 20.3 Å². The van der Waals surface area contributed by atoms with E-state index >= 15 is 0 Å². The first kappa shape index (κ1) is 12.8. The Balaban J connectivity index is 2.64. The molecule has 0 aliphatic rings. The summed E-state index contributed by atoms with van der Waals surface area (Å²) in [5, 5.41) is 7.78. The molecule has 0 saturated heterocycles. The third kappa shape index (κ3) is 2.86. The van der Waals surface area contributed by atoms with Crippen molar-refractivity contribution in [3.8, 4) is 12.3 Å². The standard InChI is InChI=1S/C13H21N3/c1-6-8-12(7-2)14-9-13-10(3)15-16(5)11(13)4/h2,12,14H,6,8-9H2,1,3-5H3. The van der Waals surface area contributed by atoms with Gasteiger partial charge in [-0.25, -0.2) is 0 Å². The molecule has 3 heteroatoms. The quantitative estimate of drug-likeness (QED) is 0.767. The molecule has 0 radical (unpaired) electrons. The minimum atomic E-state index is 0.170. The summed E-state index contributed by atoms with van der Waals surface area (Å²) in [4.78, 5) is 0. The topological polar surface area (TPSA) is 29.9 Å². The fraction of sp³-hybridized carbons (Fsp3) is 0.615. The van der Waals surface area contributed by atoms with Crippen LogP contribution in [0.25, 0.3) is 0 Å². The first-order valence-corrected chi connectivity index (χ1v) is 5.78. The minimum absolute atomic E-state index is 0.170. The second-order valence-electron chi connectivity index (χ2n) is 4.16. The van der Waals surface area contributed by atoms with Crippen LogP contribution in [0.15, 0.2) is 0 Å². The van der Waals surface area contributed by atoms with E-state index in [1.54, 1.807) is 0 Å². The van der Waals surface area contributed by atoms with E-state index in [1.165, 1.54) is 11.3 Å². The van der Waals surface area contributed by atoms with Gasteiger partial charge in [0.1, 0.15) is 0 Å². The Labute approximate surface area is 98.2 Å². The van der Waals surface area contributed by atoms with Gasteiger partial charge in [0.2, 0.25) is 0 Å². The zero-order valence-corrected chi connectivity index (χ0v) is 10.7. The molecule has 0 aliphatic carbocycles. The van der Waals surface area contributed by atoms with Crippen molar-refractivity contribution in [3.05, 3.63) is 17.0 Å². The predicted molar refractivity (Wildman–Crippen MR) is 67.1 cm³/mol. The molecule has 0 aromatic carbocycles. The van der Waals surface area contributed by atoms with Crippen LogP contribution in [0.5, 0.6) is 0 Å². The molecule has 0 bridgehead atoms. The molecule has 1 heterocycles. The van der Waals surface area contributed by atoms with Crippen molar-refractivity contribution in [1.29, 1.82) is 0 Å². The van der Waals surface area contributed by atoms with E-state index in [0.29, 0.717) is 0 Å². The lowest BCUT2D eigenvalue weighted by molar-refractivity contribution is 0.560. The highest BCUT2D eigenvalue weighted by Crippen LogP contribution is 2.11. The number of aryl methyl sites for hydroxylation is 2. The predicted octanol–water partition coefficient (Wildman–Crippen LogP) is 1.93. The van der Waals surface area contributed by atoms with Crippen LogP contribution >= 0.6 is 0 Å². The third-order valence-corrected chi connectivity index (χ3v) is 2.96. The molecule has 88 valence electrons. The van der Waals surface area contributed by atoms with Gasteiger partial charge in [0.25, 0.3) is 0 Å². The zero-order chi connectivity index (χ0) is 12.1.